The van der Waals surface area contributed by atoms with Crippen LogP contribution in [0.25, 0.3) is 22.2 Å². The summed E-state index contributed by atoms with van der Waals surface area (Å²) in [6, 6.07) is 2.03. The Hall–Kier alpha value is -3.23. The molecule has 0 spiro atoms. The van der Waals surface area contributed by atoms with Gasteiger partial charge in [-0.05, 0) is 13.0 Å². The van der Waals surface area contributed by atoms with Crippen LogP contribution in [0.4, 0.5) is 11.6 Å². The highest BCUT2D eigenvalue weighted by Gasteiger charge is 2.23. The van der Waals surface area contributed by atoms with E-state index >= 15 is 0 Å². The Morgan fingerprint density at radius 1 is 0.923 bits per heavy atom. The number of hydrogen-bond donors (Lipinski definition) is 1. The topological polar surface area (TPSA) is 91.7 Å². The van der Waals surface area contributed by atoms with E-state index in [-0.39, 0.29) is 0 Å². The molecular weight excluding hydrogens is 330 g/mol. The fourth-order valence-electron chi connectivity index (χ4n) is 3.57. The summed E-state index contributed by atoms with van der Waals surface area (Å²) in [7, 11) is 0. The lowest BCUT2D eigenvalue weighted by Crippen LogP contribution is -2.47. The van der Waals surface area contributed by atoms with Crippen LogP contribution in [0, 0.1) is 0 Å². The van der Waals surface area contributed by atoms with Crippen molar-refractivity contribution in [2.75, 3.05) is 36.0 Å². The lowest BCUT2D eigenvalue weighted by molar-refractivity contribution is 0.644. The number of H-pyrrole nitrogens is 1. The number of nitrogens with zero attached hydrogens (tertiary/aromatic N) is 8. The lowest BCUT2D eigenvalue weighted by atomic mass is 10.2. The highest BCUT2D eigenvalue weighted by molar-refractivity contribution is 5.87. The minimum Gasteiger partial charge on any atom is -0.352 e. The number of aromatic nitrogens is 7. The molecule has 0 bridgehead atoms. The first kappa shape index (κ1) is 15.1. The molecule has 9 heteroatoms. The molecule has 5 rings (SSSR count). The van der Waals surface area contributed by atoms with Gasteiger partial charge in [-0.3, -0.25) is 0 Å². The molecule has 0 atom stereocenters. The Morgan fingerprint density at radius 2 is 1.65 bits per heavy atom. The zero-order valence-electron chi connectivity index (χ0n) is 14.5. The zero-order chi connectivity index (χ0) is 17.5. The van der Waals surface area contributed by atoms with Crippen molar-refractivity contribution < 1.29 is 0 Å². The summed E-state index contributed by atoms with van der Waals surface area (Å²) < 4.78 is 2.04. The predicted molar refractivity (Wildman–Crippen MR) is 99.3 cm³/mol. The van der Waals surface area contributed by atoms with Crippen molar-refractivity contribution in [1.29, 1.82) is 0 Å². The molecule has 132 valence electrons. The molecule has 0 unspecified atom stereocenters. The monoisotopic (exact) mass is 349 g/mol. The van der Waals surface area contributed by atoms with E-state index in [9.17, 15) is 0 Å². The van der Waals surface area contributed by atoms with Gasteiger partial charge in [0, 0.05) is 38.9 Å². The van der Waals surface area contributed by atoms with E-state index in [1.54, 1.807) is 12.7 Å². The third kappa shape index (κ3) is 2.27. The van der Waals surface area contributed by atoms with E-state index in [1.165, 1.54) is 0 Å². The second-order valence-corrected chi connectivity index (χ2v) is 6.31. The molecule has 26 heavy (non-hydrogen) atoms. The molecule has 4 aromatic rings. The first-order valence-electron chi connectivity index (χ1n) is 8.79. The number of nitrogens with one attached hydrogen (secondary N) is 1. The van der Waals surface area contributed by atoms with Crippen LogP contribution in [-0.2, 0) is 6.54 Å². The summed E-state index contributed by atoms with van der Waals surface area (Å²) >= 11 is 0. The third-order valence-corrected chi connectivity index (χ3v) is 4.93. The number of fused-ring (bicyclic) bond motifs is 2. The fraction of sp³-hybridized carbons (Fsp3) is 0.353. The minimum atomic E-state index is 0.848. The summed E-state index contributed by atoms with van der Waals surface area (Å²) in [4.78, 5) is 29.9. The summed E-state index contributed by atoms with van der Waals surface area (Å²) in [5.41, 5.74) is 2.64. The van der Waals surface area contributed by atoms with Crippen molar-refractivity contribution in [1.82, 2.24) is 34.5 Å². The van der Waals surface area contributed by atoms with Gasteiger partial charge in [0.05, 0.1) is 11.7 Å². The van der Waals surface area contributed by atoms with Gasteiger partial charge in [0.15, 0.2) is 17.0 Å². The van der Waals surface area contributed by atoms with Crippen LogP contribution in [0.1, 0.15) is 6.92 Å². The van der Waals surface area contributed by atoms with Gasteiger partial charge in [-0.25, -0.2) is 24.9 Å². The maximum Gasteiger partial charge on any atom is 0.165 e. The van der Waals surface area contributed by atoms with E-state index in [2.05, 4.69) is 46.6 Å². The van der Waals surface area contributed by atoms with Crippen molar-refractivity contribution in [3.05, 3.63) is 31.2 Å². The van der Waals surface area contributed by atoms with Gasteiger partial charge in [-0.2, -0.15) is 0 Å². The van der Waals surface area contributed by atoms with Crippen LogP contribution >= 0.6 is 0 Å². The Morgan fingerprint density at radius 3 is 2.46 bits per heavy atom. The highest BCUT2D eigenvalue weighted by atomic mass is 15.3. The summed E-state index contributed by atoms with van der Waals surface area (Å²) in [6.07, 6.45) is 6.99. The van der Waals surface area contributed by atoms with Crippen molar-refractivity contribution in [3.8, 4) is 0 Å². The molecule has 0 aromatic carbocycles. The molecule has 1 N–H and O–H groups in total. The predicted octanol–water partition coefficient (Wildman–Crippen LogP) is 1.44. The lowest BCUT2D eigenvalue weighted by Gasteiger charge is -2.36. The van der Waals surface area contributed by atoms with Crippen LogP contribution in [-0.4, -0.2) is 60.6 Å². The quantitative estimate of drug-likeness (QED) is 0.598. The number of piperazine rings is 1. The van der Waals surface area contributed by atoms with Gasteiger partial charge < -0.3 is 19.4 Å². The maximum absolute atomic E-state index is 4.53. The van der Waals surface area contributed by atoms with E-state index in [1.807, 2.05) is 23.2 Å². The van der Waals surface area contributed by atoms with Gasteiger partial charge in [0.1, 0.15) is 24.1 Å². The van der Waals surface area contributed by atoms with Crippen LogP contribution in [0.15, 0.2) is 31.2 Å². The smallest absolute Gasteiger partial charge is 0.165 e. The van der Waals surface area contributed by atoms with Gasteiger partial charge in [0.25, 0.3) is 0 Å². The van der Waals surface area contributed by atoms with Crippen molar-refractivity contribution in [2.45, 2.75) is 13.5 Å². The zero-order valence-corrected chi connectivity index (χ0v) is 14.5. The Bertz CT molecular complexity index is 1060. The molecule has 4 aromatic heterocycles. The van der Waals surface area contributed by atoms with E-state index in [4.69, 9.17) is 0 Å². The molecule has 0 amide bonds. The molecular formula is C17H19N9. The number of aryl methyl sites for hydroxylation is 1. The molecule has 1 saturated heterocycles. The largest absolute Gasteiger partial charge is 0.352 e. The van der Waals surface area contributed by atoms with Crippen LogP contribution in [0.3, 0.4) is 0 Å². The summed E-state index contributed by atoms with van der Waals surface area (Å²) in [6.45, 7) is 6.41. The molecule has 1 fully saturated rings. The van der Waals surface area contributed by atoms with Crippen LogP contribution < -0.4 is 9.80 Å². The van der Waals surface area contributed by atoms with Gasteiger partial charge >= 0.3 is 0 Å². The average molecular weight is 349 g/mol. The Labute approximate surface area is 149 Å². The number of imidazole rings is 1. The molecule has 1 aliphatic rings. The summed E-state index contributed by atoms with van der Waals surface area (Å²) in [5.74, 6) is 1.90. The molecule has 5 heterocycles. The van der Waals surface area contributed by atoms with Crippen molar-refractivity contribution >= 4 is 33.8 Å². The highest BCUT2D eigenvalue weighted by Crippen LogP contribution is 2.26. The molecule has 1 aliphatic heterocycles. The maximum atomic E-state index is 4.53. The van der Waals surface area contributed by atoms with Crippen molar-refractivity contribution in [2.24, 2.45) is 0 Å². The molecule has 0 radical (unpaired) electrons. The number of anilines is 2. The first-order valence-corrected chi connectivity index (χ1v) is 8.79. The van der Waals surface area contributed by atoms with Crippen LogP contribution in [0.5, 0.6) is 0 Å². The second kappa shape index (κ2) is 5.94. The van der Waals surface area contributed by atoms with E-state index in [0.717, 1.165) is 66.6 Å². The van der Waals surface area contributed by atoms with Crippen molar-refractivity contribution in [3.63, 3.8) is 0 Å². The van der Waals surface area contributed by atoms with E-state index < -0.39 is 0 Å². The fourth-order valence-corrected chi connectivity index (χ4v) is 3.57. The molecule has 0 saturated carbocycles. The van der Waals surface area contributed by atoms with E-state index in [0.29, 0.717) is 0 Å². The van der Waals surface area contributed by atoms with Gasteiger partial charge in [-0.15, -0.1) is 0 Å². The second-order valence-electron chi connectivity index (χ2n) is 6.31. The minimum absolute atomic E-state index is 0.848. The molecule has 0 aliphatic carbocycles. The SMILES string of the molecule is CCn1cnc2c(N3CCN(c4ncnc5[nH]ccc45)CC3)ncnc21. The van der Waals surface area contributed by atoms with Crippen LogP contribution in [0.2, 0.25) is 0 Å². The third-order valence-electron chi connectivity index (χ3n) is 4.93. The summed E-state index contributed by atoms with van der Waals surface area (Å²) in [5, 5.41) is 1.06. The standard InChI is InChI=1S/C17H19N9/c1-2-24-11-23-13-16(24)21-10-22-17(13)26-7-5-25(6-8-26)15-12-3-4-18-14(12)19-9-20-15/h3-4,9-11H,2,5-8H2,1H3,(H,18,19,20). The number of rotatable bonds is 3. The van der Waals surface area contributed by atoms with Gasteiger partial charge in [-0.1, -0.05) is 0 Å². The number of hydrogen-bond acceptors (Lipinski definition) is 7. The Balaban J connectivity index is 1.41. The normalized spacial score (nSPS) is 15.3. The van der Waals surface area contributed by atoms with Gasteiger partial charge in [0.2, 0.25) is 0 Å². The number of aromatic amines is 1. The average Bonchev–Trinajstić information content (AvgIpc) is 3.34. The molecule has 9 nitrogen and oxygen atoms in total. The first-order chi connectivity index (χ1) is 12.8. The Kier molecular flexibility index (Phi) is 3.44.